The van der Waals surface area contributed by atoms with Crippen molar-refractivity contribution >= 4 is 5.91 Å². The number of hydrogen-bond acceptors (Lipinski definition) is 4. The topological polar surface area (TPSA) is 68.2 Å². The number of aryl methyl sites for hydroxylation is 1. The highest BCUT2D eigenvalue weighted by Crippen LogP contribution is 2.26. The van der Waals surface area contributed by atoms with E-state index >= 15 is 0 Å². The summed E-state index contributed by atoms with van der Waals surface area (Å²) in [6.07, 6.45) is 8.83. The molecule has 6 heteroatoms. The van der Waals surface area contributed by atoms with Gasteiger partial charge in [0.2, 0.25) is 5.91 Å². The second-order valence-electron chi connectivity index (χ2n) is 7.00. The molecule has 3 heterocycles. The second kappa shape index (κ2) is 7.45. The monoisotopic (exact) mass is 320 g/mol. The Balaban J connectivity index is 1.60. The first-order valence-electron chi connectivity index (χ1n) is 8.73. The molecule has 128 valence electrons. The molecule has 2 aliphatic rings. The van der Waals surface area contributed by atoms with E-state index < -0.39 is 0 Å². The van der Waals surface area contributed by atoms with Gasteiger partial charge in [0.25, 0.3) is 0 Å². The maximum Gasteiger partial charge on any atom is 0.220 e. The van der Waals surface area contributed by atoms with Crippen LogP contribution in [0.15, 0.2) is 12.4 Å². The van der Waals surface area contributed by atoms with Crippen LogP contribution in [0, 0.1) is 5.92 Å². The quantitative estimate of drug-likeness (QED) is 0.863. The third-order valence-electron chi connectivity index (χ3n) is 5.01. The Labute approximate surface area is 138 Å². The number of amides is 1. The molecular formula is C17H28N4O2. The van der Waals surface area contributed by atoms with E-state index in [1.54, 1.807) is 4.68 Å². The Bertz CT molecular complexity index is 524. The van der Waals surface area contributed by atoms with Gasteiger partial charge in [0.05, 0.1) is 12.2 Å². The smallest absolute Gasteiger partial charge is 0.220 e. The molecule has 1 aromatic heterocycles. The first kappa shape index (κ1) is 16.5. The SMILES string of the molecule is C[C@H](CC1CCOCC1)N[C@@H]1CCC(=O)N[C@H]1c1cnn(C)c1. The van der Waals surface area contributed by atoms with Crippen molar-refractivity contribution in [2.24, 2.45) is 13.0 Å². The summed E-state index contributed by atoms with van der Waals surface area (Å²) in [7, 11) is 1.91. The third-order valence-corrected chi connectivity index (χ3v) is 5.01. The minimum Gasteiger partial charge on any atom is -0.381 e. The molecule has 0 radical (unpaired) electrons. The molecule has 0 aliphatic carbocycles. The summed E-state index contributed by atoms with van der Waals surface area (Å²) in [6, 6.07) is 0.728. The van der Waals surface area contributed by atoms with Crippen LogP contribution in [-0.4, -0.2) is 41.0 Å². The number of rotatable bonds is 5. The van der Waals surface area contributed by atoms with Crippen LogP contribution in [0.1, 0.15) is 50.6 Å². The van der Waals surface area contributed by atoms with Crippen molar-refractivity contribution in [1.82, 2.24) is 20.4 Å². The Morgan fingerprint density at radius 1 is 1.43 bits per heavy atom. The average molecular weight is 320 g/mol. The van der Waals surface area contributed by atoms with Crippen LogP contribution in [0.25, 0.3) is 0 Å². The second-order valence-corrected chi connectivity index (χ2v) is 7.00. The zero-order valence-corrected chi connectivity index (χ0v) is 14.1. The number of nitrogens with zero attached hydrogens (tertiary/aromatic N) is 2. The van der Waals surface area contributed by atoms with Gasteiger partial charge in [0, 0.05) is 50.5 Å². The van der Waals surface area contributed by atoms with E-state index in [4.69, 9.17) is 4.74 Å². The van der Waals surface area contributed by atoms with Crippen molar-refractivity contribution in [3.05, 3.63) is 18.0 Å². The van der Waals surface area contributed by atoms with Crippen LogP contribution < -0.4 is 10.6 Å². The number of hydrogen-bond donors (Lipinski definition) is 2. The zero-order chi connectivity index (χ0) is 16.2. The van der Waals surface area contributed by atoms with E-state index in [1.807, 2.05) is 19.4 Å². The number of carbonyl (C=O) groups excluding carboxylic acids is 1. The van der Waals surface area contributed by atoms with E-state index in [-0.39, 0.29) is 18.0 Å². The first-order chi connectivity index (χ1) is 11.1. The summed E-state index contributed by atoms with van der Waals surface area (Å²) >= 11 is 0. The van der Waals surface area contributed by atoms with Gasteiger partial charge in [-0.15, -0.1) is 0 Å². The lowest BCUT2D eigenvalue weighted by molar-refractivity contribution is -0.124. The fourth-order valence-corrected chi connectivity index (χ4v) is 3.81. The summed E-state index contributed by atoms with van der Waals surface area (Å²) < 4.78 is 7.23. The van der Waals surface area contributed by atoms with Gasteiger partial charge in [-0.3, -0.25) is 9.48 Å². The van der Waals surface area contributed by atoms with Crippen LogP contribution >= 0.6 is 0 Å². The molecule has 0 saturated carbocycles. The lowest BCUT2D eigenvalue weighted by Gasteiger charge is -2.35. The Morgan fingerprint density at radius 2 is 2.22 bits per heavy atom. The first-order valence-corrected chi connectivity index (χ1v) is 8.73. The molecule has 6 nitrogen and oxygen atoms in total. The van der Waals surface area contributed by atoms with Gasteiger partial charge in [-0.25, -0.2) is 0 Å². The normalized spacial score (nSPS) is 27.7. The predicted octanol–water partition coefficient (Wildman–Crippen LogP) is 1.53. The van der Waals surface area contributed by atoms with E-state index in [9.17, 15) is 4.79 Å². The van der Waals surface area contributed by atoms with Crippen LogP contribution in [0.5, 0.6) is 0 Å². The minimum absolute atomic E-state index is 0.0158. The van der Waals surface area contributed by atoms with Gasteiger partial charge in [0.15, 0.2) is 0 Å². The zero-order valence-electron chi connectivity index (χ0n) is 14.1. The number of ether oxygens (including phenoxy) is 1. The molecule has 0 unspecified atom stereocenters. The summed E-state index contributed by atoms with van der Waals surface area (Å²) in [6.45, 7) is 4.05. The lowest BCUT2D eigenvalue weighted by Crippen LogP contribution is -2.51. The highest BCUT2D eigenvalue weighted by atomic mass is 16.5. The molecule has 3 rings (SSSR count). The Hall–Kier alpha value is -1.40. The molecule has 1 amide bonds. The summed E-state index contributed by atoms with van der Waals surface area (Å²) in [5.74, 6) is 0.884. The van der Waals surface area contributed by atoms with Crippen LogP contribution in [0.2, 0.25) is 0 Å². The largest absolute Gasteiger partial charge is 0.381 e. The minimum atomic E-state index is 0.0158. The van der Waals surface area contributed by atoms with Crippen molar-refractivity contribution in [2.45, 2.75) is 57.2 Å². The number of nitrogens with one attached hydrogen (secondary N) is 2. The Kier molecular flexibility index (Phi) is 5.33. The highest BCUT2D eigenvalue weighted by molar-refractivity contribution is 5.77. The molecule has 2 fully saturated rings. The molecule has 2 aliphatic heterocycles. The molecule has 23 heavy (non-hydrogen) atoms. The molecule has 3 atom stereocenters. The average Bonchev–Trinajstić information content (AvgIpc) is 2.96. The highest BCUT2D eigenvalue weighted by Gasteiger charge is 2.31. The van der Waals surface area contributed by atoms with Crippen LogP contribution in [0.3, 0.4) is 0 Å². The molecule has 2 N–H and O–H groups in total. The molecule has 1 aromatic rings. The van der Waals surface area contributed by atoms with E-state index in [0.29, 0.717) is 12.5 Å². The molecule has 0 bridgehead atoms. The lowest BCUT2D eigenvalue weighted by atomic mass is 9.90. The van der Waals surface area contributed by atoms with Gasteiger partial charge in [-0.05, 0) is 38.5 Å². The Morgan fingerprint density at radius 3 is 2.91 bits per heavy atom. The van der Waals surface area contributed by atoms with Crippen molar-refractivity contribution in [1.29, 1.82) is 0 Å². The maximum atomic E-state index is 11.8. The van der Waals surface area contributed by atoms with Gasteiger partial charge in [-0.1, -0.05) is 0 Å². The molecule has 0 spiro atoms. The number of piperidine rings is 1. The van der Waals surface area contributed by atoms with Crippen LogP contribution in [0.4, 0.5) is 0 Å². The van der Waals surface area contributed by atoms with E-state index in [0.717, 1.165) is 31.1 Å². The van der Waals surface area contributed by atoms with Gasteiger partial charge in [-0.2, -0.15) is 5.10 Å². The fourth-order valence-electron chi connectivity index (χ4n) is 3.81. The van der Waals surface area contributed by atoms with Crippen LogP contribution in [-0.2, 0) is 16.6 Å². The molecular weight excluding hydrogens is 292 g/mol. The number of carbonyl (C=O) groups is 1. The predicted molar refractivity (Wildman–Crippen MR) is 87.9 cm³/mol. The van der Waals surface area contributed by atoms with Crippen molar-refractivity contribution < 1.29 is 9.53 Å². The standard InChI is InChI=1S/C17H28N4O2/c1-12(9-13-5-7-23-8-6-13)19-15-3-4-16(22)20-17(15)14-10-18-21(2)11-14/h10-13,15,17,19H,3-9H2,1-2H3,(H,20,22)/t12-,15-,17+/m1/s1. The van der Waals surface area contributed by atoms with E-state index in [2.05, 4.69) is 22.7 Å². The maximum absolute atomic E-state index is 11.8. The summed E-state index contributed by atoms with van der Waals surface area (Å²) in [4.78, 5) is 11.8. The van der Waals surface area contributed by atoms with Gasteiger partial charge >= 0.3 is 0 Å². The van der Waals surface area contributed by atoms with Crippen molar-refractivity contribution in [3.63, 3.8) is 0 Å². The summed E-state index contributed by atoms with van der Waals surface area (Å²) in [5.41, 5.74) is 1.08. The molecule has 0 aromatic carbocycles. The van der Waals surface area contributed by atoms with E-state index in [1.165, 1.54) is 19.3 Å². The van der Waals surface area contributed by atoms with Crippen molar-refractivity contribution in [2.75, 3.05) is 13.2 Å². The third kappa shape index (κ3) is 4.32. The summed E-state index contributed by atoms with van der Waals surface area (Å²) in [5, 5.41) is 11.1. The van der Waals surface area contributed by atoms with Gasteiger partial charge < -0.3 is 15.4 Å². The molecule has 2 saturated heterocycles. The van der Waals surface area contributed by atoms with Gasteiger partial charge in [0.1, 0.15) is 0 Å². The fraction of sp³-hybridized carbons (Fsp3) is 0.765. The number of aromatic nitrogens is 2. The van der Waals surface area contributed by atoms with Crippen molar-refractivity contribution in [3.8, 4) is 0 Å².